The second-order valence-corrected chi connectivity index (χ2v) is 9.21. The second kappa shape index (κ2) is 10.8. The van der Waals surface area contributed by atoms with Crippen molar-refractivity contribution in [2.45, 2.75) is 64.3 Å². The zero-order chi connectivity index (χ0) is 21.5. The molecule has 0 saturated carbocycles. The van der Waals surface area contributed by atoms with Crippen LogP contribution in [-0.2, 0) is 19.3 Å². The van der Waals surface area contributed by atoms with Crippen molar-refractivity contribution in [3.63, 3.8) is 0 Å². The van der Waals surface area contributed by atoms with Crippen molar-refractivity contribution in [3.8, 4) is 23.0 Å². The lowest BCUT2D eigenvalue weighted by Gasteiger charge is -2.34. The molecule has 1 atom stereocenters. The summed E-state index contributed by atoms with van der Waals surface area (Å²) in [6.07, 6.45) is 8.32. The highest BCUT2D eigenvalue weighted by Crippen LogP contribution is 2.38. The molecule has 1 aliphatic carbocycles. The number of fused-ring (bicyclic) bond motifs is 1. The zero-order valence-electron chi connectivity index (χ0n) is 17.7. The van der Waals surface area contributed by atoms with E-state index in [2.05, 4.69) is 11.2 Å². The maximum absolute atomic E-state index is 10.2. The molecule has 0 amide bonds. The molecule has 0 radical (unpaired) electrons. The SMILES string of the molecule is CCCCCCN(SCCc1ccc(O)c(O)c1)C1CCc2c(ccc(O)c2O)C1. The Labute approximate surface area is 183 Å². The maximum atomic E-state index is 10.2. The van der Waals surface area contributed by atoms with Crippen molar-refractivity contribution in [1.29, 1.82) is 0 Å². The molecule has 2 aromatic carbocycles. The van der Waals surface area contributed by atoms with Gasteiger partial charge in [0.2, 0.25) is 0 Å². The van der Waals surface area contributed by atoms with Crippen LogP contribution in [0.25, 0.3) is 0 Å². The molecule has 2 aromatic rings. The molecule has 0 spiro atoms. The van der Waals surface area contributed by atoms with Gasteiger partial charge >= 0.3 is 0 Å². The normalized spacial score (nSPS) is 16.0. The zero-order valence-corrected chi connectivity index (χ0v) is 18.5. The van der Waals surface area contributed by atoms with E-state index in [0.717, 1.165) is 54.7 Å². The van der Waals surface area contributed by atoms with Gasteiger partial charge in [-0.05, 0) is 61.4 Å². The summed E-state index contributed by atoms with van der Waals surface area (Å²) in [6, 6.07) is 8.96. The molecule has 30 heavy (non-hydrogen) atoms. The van der Waals surface area contributed by atoms with Crippen molar-refractivity contribution in [2.24, 2.45) is 0 Å². The van der Waals surface area contributed by atoms with E-state index in [-0.39, 0.29) is 23.0 Å². The van der Waals surface area contributed by atoms with E-state index in [1.807, 2.05) is 24.1 Å². The Bertz CT molecular complexity index is 842. The summed E-state index contributed by atoms with van der Waals surface area (Å²) in [6.45, 7) is 3.26. The van der Waals surface area contributed by atoms with Crippen LogP contribution in [0.5, 0.6) is 23.0 Å². The van der Waals surface area contributed by atoms with E-state index in [1.54, 1.807) is 12.1 Å². The average Bonchev–Trinajstić information content (AvgIpc) is 2.75. The number of hydrogen-bond donors (Lipinski definition) is 4. The van der Waals surface area contributed by atoms with Crippen molar-refractivity contribution < 1.29 is 20.4 Å². The third-order valence-corrected chi connectivity index (χ3v) is 7.07. The Morgan fingerprint density at radius 1 is 0.967 bits per heavy atom. The number of rotatable bonds is 10. The summed E-state index contributed by atoms with van der Waals surface area (Å²) in [4.78, 5) is 0. The van der Waals surface area contributed by atoms with Crippen molar-refractivity contribution >= 4 is 11.9 Å². The highest BCUT2D eigenvalue weighted by Gasteiger charge is 2.27. The number of unbranched alkanes of at least 4 members (excludes halogenated alkanes) is 3. The number of phenolic OH excluding ortho intramolecular Hbond substituents is 4. The van der Waals surface area contributed by atoms with Gasteiger partial charge in [-0.2, -0.15) is 0 Å². The maximum Gasteiger partial charge on any atom is 0.160 e. The molecule has 164 valence electrons. The van der Waals surface area contributed by atoms with E-state index in [4.69, 9.17) is 0 Å². The third kappa shape index (κ3) is 5.76. The highest BCUT2D eigenvalue weighted by atomic mass is 32.2. The van der Waals surface area contributed by atoms with Gasteiger partial charge in [0.05, 0.1) is 0 Å². The fourth-order valence-electron chi connectivity index (χ4n) is 4.10. The number of phenols is 4. The van der Waals surface area contributed by atoms with Crippen LogP contribution in [0.2, 0.25) is 0 Å². The molecule has 5 nitrogen and oxygen atoms in total. The topological polar surface area (TPSA) is 84.2 Å². The smallest absolute Gasteiger partial charge is 0.160 e. The van der Waals surface area contributed by atoms with Crippen LogP contribution in [0.3, 0.4) is 0 Å². The van der Waals surface area contributed by atoms with Crippen LogP contribution in [0.15, 0.2) is 30.3 Å². The summed E-state index contributed by atoms with van der Waals surface area (Å²) in [5.74, 6) is 0.762. The molecule has 0 fully saturated rings. The van der Waals surface area contributed by atoms with Crippen LogP contribution in [-0.4, -0.2) is 43.1 Å². The largest absolute Gasteiger partial charge is 0.504 e. The van der Waals surface area contributed by atoms with Gasteiger partial charge in [0.25, 0.3) is 0 Å². The molecule has 0 saturated heterocycles. The van der Waals surface area contributed by atoms with Crippen LogP contribution < -0.4 is 0 Å². The summed E-state index contributed by atoms with van der Waals surface area (Å²) in [7, 11) is 0. The summed E-state index contributed by atoms with van der Waals surface area (Å²) in [5.41, 5.74) is 3.03. The molecule has 1 aliphatic rings. The molecule has 3 rings (SSSR count). The monoisotopic (exact) mass is 431 g/mol. The molecule has 6 heteroatoms. The Morgan fingerprint density at radius 2 is 1.77 bits per heavy atom. The number of aromatic hydroxyl groups is 4. The van der Waals surface area contributed by atoms with Crippen molar-refractivity contribution in [1.82, 2.24) is 4.31 Å². The van der Waals surface area contributed by atoms with Gasteiger partial charge < -0.3 is 20.4 Å². The minimum Gasteiger partial charge on any atom is -0.504 e. The van der Waals surface area contributed by atoms with E-state index in [1.165, 1.54) is 31.7 Å². The van der Waals surface area contributed by atoms with Gasteiger partial charge in [0.1, 0.15) is 0 Å². The van der Waals surface area contributed by atoms with Gasteiger partial charge in [-0.1, -0.05) is 50.3 Å². The molecular weight excluding hydrogens is 398 g/mol. The minimum absolute atomic E-state index is 0.0323. The van der Waals surface area contributed by atoms with Crippen molar-refractivity contribution in [3.05, 3.63) is 47.0 Å². The third-order valence-electron chi connectivity index (χ3n) is 5.87. The Balaban J connectivity index is 1.62. The van der Waals surface area contributed by atoms with Gasteiger partial charge in [-0.3, -0.25) is 0 Å². The fourth-order valence-corrected chi connectivity index (χ4v) is 5.31. The Kier molecular flexibility index (Phi) is 8.16. The van der Waals surface area contributed by atoms with Crippen LogP contribution in [0, 0.1) is 0 Å². The molecule has 0 heterocycles. The predicted octanol–water partition coefficient (Wildman–Crippen LogP) is 5.14. The lowest BCUT2D eigenvalue weighted by atomic mass is 9.87. The van der Waals surface area contributed by atoms with E-state index < -0.39 is 0 Å². The van der Waals surface area contributed by atoms with Gasteiger partial charge in [0.15, 0.2) is 23.0 Å². The van der Waals surface area contributed by atoms with Gasteiger partial charge in [-0.15, -0.1) is 0 Å². The van der Waals surface area contributed by atoms with E-state index in [0.29, 0.717) is 6.04 Å². The highest BCUT2D eigenvalue weighted by molar-refractivity contribution is 7.97. The van der Waals surface area contributed by atoms with E-state index in [9.17, 15) is 20.4 Å². The molecule has 0 aromatic heterocycles. The van der Waals surface area contributed by atoms with Gasteiger partial charge in [-0.25, -0.2) is 4.31 Å². The van der Waals surface area contributed by atoms with E-state index >= 15 is 0 Å². The molecule has 0 aliphatic heterocycles. The lowest BCUT2D eigenvalue weighted by Crippen LogP contribution is -2.35. The quantitative estimate of drug-likeness (QED) is 0.237. The first-order valence-corrected chi connectivity index (χ1v) is 11.9. The number of aryl methyl sites for hydroxylation is 1. The fraction of sp³-hybridized carbons (Fsp3) is 0.500. The molecular formula is C24H33NO4S. The van der Waals surface area contributed by atoms with Crippen LogP contribution in [0.1, 0.15) is 55.7 Å². The number of hydrogen-bond acceptors (Lipinski definition) is 6. The van der Waals surface area contributed by atoms with Crippen LogP contribution in [0.4, 0.5) is 0 Å². The number of benzene rings is 2. The average molecular weight is 432 g/mol. The van der Waals surface area contributed by atoms with Crippen LogP contribution >= 0.6 is 11.9 Å². The summed E-state index contributed by atoms with van der Waals surface area (Å²) < 4.78 is 2.50. The first-order chi connectivity index (χ1) is 14.5. The summed E-state index contributed by atoms with van der Waals surface area (Å²) >= 11 is 1.85. The standard InChI is InChI=1S/C24H33NO4S/c1-2-3-4-5-13-25(30-14-12-17-6-10-21(26)23(28)15-17)19-8-9-20-18(16-19)7-11-22(27)24(20)29/h6-7,10-11,15,19,26-29H,2-5,8-9,12-14,16H2,1H3. The summed E-state index contributed by atoms with van der Waals surface area (Å²) in [5, 5.41) is 39.1. The predicted molar refractivity (Wildman–Crippen MR) is 122 cm³/mol. The first-order valence-electron chi connectivity index (χ1n) is 10.9. The first kappa shape index (κ1) is 22.6. The Hall–Kier alpha value is -2.05. The Morgan fingerprint density at radius 3 is 2.53 bits per heavy atom. The van der Waals surface area contributed by atoms with Gasteiger partial charge in [0, 0.05) is 23.9 Å². The number of nitrogens with zero attached hydrogens (tertiary/aromatic N) is 1. The molecule has 0 bridgehead atoms. The minimum atomic E-state index is -0.0842. The van der Waals surface area contributed by atoms with Crippen molar-refractivity contribution in [2.75, 3.05) is 12.3 Å². The molecule has 4 N–H and O–H groups in total. The molecule has 1 unspecified atom stereocenters. The lowest BCUT2D eigenvalue weighted by molar-refractivity contribution is 0.308. The second-order valence-electron chi connectivity index (χ2n) is 8.08.